The van der Waals surface area contributed by atoms with Gasteiger partial charge >= 0.3 is 0 Å². The molecule has 0 radical (unpaired) electrons. The molecule has 1 aliphatic heterocycles. The van der Waals surface area contributed by atoms with Crippen LogP contribution in [-0.2, 0) is 10.0 Å². The number of para-hydroxylation sites is 1. The van der Waals surface area contributed by atoms with E-state index in [1.54, 1.807) is 42.2 Å². The summed E-state index contributed by atoms with van der Waals surface area (Å²) in [5.74, 6) is 0.214. The van der Waals surface area contributed by atoms with Gasteiger partial charge in [-0.1, -0.05) is 30.3 Å². The average Bonchev–Trinajstić information content (AvgIpc) is 2.85. The number of likely N-dealkylation sites (tertiary alicyclic amines) is 1. The summed E-state index contributed by atoms with van der Waals surface area (Å²) in [4.78, 5) is 15.0. The van der Waals surface area contributed by atoms with Gasteiger partial charge in [-0.3, -0.25) is 9.52 Å². The number of benzene rings is 3. The van der Waals surface area contributed by atoms with Crippen LogP contribution in [0.1, 0.15) is 45.8 Å². The van der Waals surface area contributed by atoms with Crippen molar-refractivity contribution in [2.24, 2.45) is 0 Å². The summed E-state index contributed by atoms with van der Waals surface area (Å²) in [6.07, 6.45) is 1.66. The van der Waals surface area contributed by atoms with Gasteiger partial charge in [-0.05, 0) is 73.2 Å². The van der Waals surface area contributed by atoms with E-state index >= 15 is 0 Å². The molecule has 3 N–H and O–H groups in total. The van der Waals surface area contributed by atoms with Crippen LogP contribution in [0.2, 0.25) is 0 Å². The minimum atomic E-state index is -3.90. The van der Waals surface area contributed by atoms with E-state index in [4.69, 9.17) is 11.0 Å². The van der Waals surface area contributed by atoms with Crippen molar-refractivity contribution >= 4 is 27.3 Å². The van der Waals surface area contributed by atoms with Crippen LogP contribution in [0.3, 0.4) is 0 Å². The Hall–Kier alpha value is -3.83. The molecular formula is C26H26N4O3S. The van der Waals surface area contributed by atoms with E-state index < -0.39 is 10.0 Å². The summed E-state index contributed by atoms with van der Waals surface area (Å²) in [5.41, 5.74) is 9.30. The Balaban J connectivity index is 1.47. The first-order valence-electron chi connectivity index (χ1n) is 11.1. The molecule has 1 aliphatic rings. The average molecular weight is 475 g/mol. The lowest BCUT2D eigenvalue weighted by Gasteiger charge is -2.32. The van der Waals surface area contributed by atoms with Gasteiger partial charge in [0.1, 0.15) is 4.90 Å². The first-order valence-corrected chi connectivity index (χ1v) is 12.5. The van der Waals surface area contributed by atoms with Crippen molar-refractivity contribution in [3.8, 4) is 6.07 Å². The molecule has 4 rings (SSSR count). The van der Waals surface area contributed by atoms with Crippen molar-refractivity contribution in [2.75, 3.05) is 23.5 Å². The van der Waals surface area contributed by atoms with Gasteiger partial charge < -0.3 is 10.6 Å². The summed E-state index contributed by atoms with van der Waals surface area (Å²) in [7, 11) is -3.90. The highest BCUT2D eigenvalue weighted by Crippen LogP contribution is 2.30. The second-order valence-corrected chi connectivity index (χ2v) is 10.1. The molecule has 0 unspecified atom stereocenters. The molecule has 0 saturated carbocycles. The number of aryl methyl sites for hydroxylation is 1. The largest absolute Gasteiger partial charge is 0.398 e. The summed E-state index contributed by atoms with van der Waals surface area (Å²) in [6, 6.07) is 21.0. The predicted octanol–water partition coefficient (Wildman–Crippen LogP) is 4.27. The van der Waals surface area contributed by atoms with Crippen LogP contribution < -0.4 is 10.5 Å². The molecule has 34 heavy (non-hydrogen) atoms. The molecule has 7 nitrogen and oxygen atoms in total. The number of sulfonamides is 1. The SMILES string of the molecule is Cc1ccc(C(=O)N2CCC(c3ccc(C#N)cc3)CC2)cc1NS(=O)(=O)c1ccccc1N. The molecule has 3 aromatic rings. The third kappa shape index (κ3) is 4.90. The number of carbonyl (C=O) groups is 1. The van der Waals surface area contributed by atoms with Gasteiger partial charge in [-0.15, -0.1) is 0 Å². The molecule has 1 saturated heterocycles. The van der Waals surface area contributed by atoms with Crippen molar-refractivity contribution in [1.82, 2.24) is 4.90 Å². The van der Waals surface area contributed by atoms with Crippen molar-refractivity contribution in [1.29, 1.82) is 5.26 Å². The molecular weight excluding hydrogens is 448 g/mol. The highest BCUT2D eigenvalue weighted by atomic mass is 32.2. The molecule has 0 spiro atoms. The number of piperidine rings is 1. The molecule has 3 aromatic carbocycles. The Bertz CT molecular complexity index is 1350. The van der Waals surface area contributed by atoms with Crippen LogP contribution in [0.4, 0.5) is 11.4 Å². The van der Waals surface area contributed by atoms with Gasteiger partial charge in [0.05, 0.1) is 23.0 Å². The van der Waals surface area contributed by atoms with E-state index in [1.165, 1.54) is 17.7 Å². The maximum absolute atomic E-state index is 13.2. The topological polar surface area (TPSA) is 116 Å². The lowest BCUT2D eigenvalue weighted by atomic mass is 9.89. The lowest BCUT2D eigenvalue weighted by molar-refractivity contribution is 0.0713. The molecule has 0 atom stereocenters. The number of nitriles is 1. The Morgan fingerprint density at radius 2 is 1.74 bits per heavy atom. The number of nitrogens with one attached hydrogen (secondary N) is 1. The highest BCUT2D eigenvalue weighted by molar-refractivity contribution is 7.92. The molecule has 0 aromatic heterocycles. The third-order valence-electron chi connectivity index (χ3n) is 6.23. The normalized spacial score (nSPS) is 14.4. The Kier molecular flexibility index (Phi) is 6.57. The molecule has 8 heteroatoms. The summed E-state index contributed by atoms with van der Waals surface area (Å²) in [6.45, 7) is 3.00. The van der Waals surface area contributed by atoms with Crippen LogP contribution in [-0.4, -0.2) is 32.3 Å². The standard InChI is InChI=1S/C26H26N4O3S/c1-18-6-9-22(16-24(18)29-34(32,33)25-5-3-2-4-23(25)28)26(31)30-14-12-21(13-15-30)20-10-7-19(17-27)8-11-20/h2-11,16,21,29H,12-15,28H2,1H3. The number of rotatable bonds is 5. The molecule has 0 aliphatic carbocycles. The van der Waals surface area contributed by atoms with E-state index in [0.29, 0.717) is 41.4 Å². The molecule has 1 fully saturated rings. The number of hydrogen-bond donors (Lipinski definition) is 2. The number of nitrogens with two attached hydrogens (primary N) is 1. The predicted molar refractivity (Wildman–Crippen MR) is 132 cm³/mol. The van der Waals surface area contributed by atoms with Crippen LogP contribution in [0.15, 0.2) is 71.6 Å². The molecule has 0 bridgehead atoms. The summed E-state index contributed by atoms with van der Waals surface area (Å²) >= 11 is 0. The van der Waals surface area contributed by atoms with Gasteiger partial charge in [0.2, 0.25) is 0 Å². The Morgan fingerprint density at radius 3 is 2.38 bits per heavy atom. The quantitative estimate of drug-likeness (QED) is 0.536. The van der Waals surface area contributed by atoms with Gasteiger partial charge in [-0.2, -0.15) is 5.26 Å². The Morgan fingerprint density at radius 1 is 1.06 bits per heavy atom. The first kappa shape index (κ1) is 23.3. The number of nitrogens with zero attached hydrogens (tertiary/aromatic N) is 2. The van der Waals surface area contributed by atoms with E-state index in [0.717, 1.165) is 12.8 Å². The zero-order valence-corrected chi connectivity index (χ0v) is 19.7. The minimum absolute atomic E-state index is 0.00370. The van der Waals surface area contributed by atoms with Gasteiger partial charge in [0.15, 0.2) is 0 Å². The third-order valence-corrected chi connectivity index (χ3v) is 7.67. The van der Waals surface area contributed by atoms with Crippen LogP contribution in [0.25, 0.3) is 0 Å². The monoisotopic (exact) mass is 474 g/mol. The number of hydrogen-bond acceptors (Lipinski definition) is 5. The number of amides is 1. The van der Waals surface area contributed by atoms with Crippen molar-refractivity contribution in [3.63, 3.8) is 0 Å². The molecule has 1 heterocycles. The second-order valence-electron chi connectivity index (χ2n) is 8.47. The van der Waals surface area contributed by atoms with Crippen LogP contribution in [0.5, 0.6) is 0 Å². The zero-order chi connectivity index (χ0) is 24.3. The van der Waals surface area contributed by atoms with E-state index in [9.17, 15) is 13.2 Å². The maximum Gasteiger partial charge on any atom is 0.263 e. The van der Waals surface area contributed by atoms with Crippen LogP contribution in [0, 0.1) is 18.3 Å². The van der Waals surface area contributed by atoms with Gasteiger partial charge in [0, 0.05) is 18.7 Å². The zero-order valence-electron chi connectivity index (χ0n) is 18.9. The fraction of sp³-hybridized carbons (Fsp3) is 0.231. The smallest absolute Gasteiger partial charge is 0.263 e. The first-order chi connectivity index (χ1) is 16.3. The van der Waals surface area contributed by atoms with Crippen molar-refractivity contribution in [3.05, 3.63) is 89.0 Å². The fourth-order valence-electron chi connectivity index (χ4n) is 4.22. The number of carbonyl (C=O) groups excluding carboxylic acids is 1. The number of anilines is 2. The van der Waals surface area contributed by atoms with E-state index in [-0.39, 0.29) is 16.5 Å². The summed E-state index contributed by atoms with van der Waals surface area (Å²) < 4.78 is 28.3. The van der Waals surface area contributed by atoms with E-state index in [1.807, 2.05) is 24.3 Å². The van der Waals surface area contributed by atoms with Gasteiger partial charge in [0.25, 0.3) is 15.9 Å². The van der Waals surface area contributed by atoms with Crippen molar-refractivity contribution < 1.29 is 13.2 Å². The molecule has 174 valence electrons. The maximum atomic E-state index is 13.2. The van der Waals surface area contributed by atoms with Crippen molar-refractivity contribution in [2.45, 2.75) is 30.6 Å². The van der Waals surface area contributed by atoms with Crippen LogP contribution >= 0.6 is 0 Å². The highest BCUT2D eigenvalue weighted by Gasteiger charge is 2.25. The Labute approximate surface area is 199 Å². The minimum Gasteiger partial charge on any atom is -0.398 e. The lowest BCUT2D eigenvalue weighted by Crippen LogP contribution is -2.38. The number of nitrogen functional groups attached to an aromatic ring is 1. The van der Waals surface area contributed by atoms with E-state index in [2.05, 4.69) is 10.8 Å². The van der Waals surface area contributed by atoms with Gasteiger partial charge in [-0.25, -0.2) is 8.42 Å². The molecule has 1 amide bonds. The fourth-order valence-corrected chi connectivity index (χ4v) is 5.47. The summed E-state index contributed by atoms with van der Waals surface area (Å²) in [5, 5.41) is 8.97. The second kappa shape index (κ2) is 9.57.